The van der Waals surface area contributed by atoms with Crippen LogP contribution in [-0.4, -0.2) is 17.0 Å². The number of carbonyl (C=O) groups excluding carboxylic acids is 1. The highest BCUT2D eigenvalue weighted by atomic mass is 16.1. The van der Waals surface area contributed by atoms with E-state index in [9.17, 15) is 4.79 Å². The molecule has 0 saturated heterocycles. The molecular weight excluding hydrogens is 296 g/mol. The Hall–Kier alpha value is -2.99. The molecule has 2 aromatic carbocycles. The lowest BCUT2D eigenvalue weighted by atomic mass is 10.0. The second kappa shape index (κ2) is 7.52. The molecule has 3 nitrogen and oxygen atoms in total. The molecule has 0 aliphatic rings. The summed E-state index contributed by atoms with van der Waals surface area (Å²) in [5.74, 6) is 0.304. The minimum absolute atomic E-state index is 0.0103. The summed E-state index contributed by atoms with van der Waals surface area (Å²) in [5, 5.41) is 2.99. The molecule has 0 aliphatic carbocycles. The molecule has 120 valence electrons. The molecular formula is C21H20N2O. The summed E-state index contributed by atoms with van der Waals surface area (Å²) in [6, 6.07) is 24.2. The van der Waals surface area contributed by atoms with Crippen LogP contribution < -0.4 is 5.32 Å². The lowest BCUT2D eigenvalue weighted by Crippen LogP contribution is -2.28. The van der Waals surface area contributed by atoms with Gasteiger partial charge in [0.2, 0.25) is 5.91 Å². The summed E-state index contributed by atoms with van der Waals surface area (Å²) in [5.41, 5.74) is 2.99. The van der Waals surface area contributed by atoms with Crippen LogP contribution in [0.2, 0.25) is 0 Å². The van der Waals surface area contributed by atoms with Crippen molar-refractivity contribution in [3.63, 3.8) is 0 Å². The van der Waals surface area contributed by atoms with Crippen LogP contribution >= 0.6 is 0 Å². The van der Waals surface area contributed by atoms with E-state index in [1.807, 2.05) is 59.4 Å². The van der Waals surface area contributed by atoms with Crippen molar-refractivity contribution in [1.29, 1.82) is 0 Å². The largest absolute Gasteiger partial charge is 0.355 e. The summed E-state index contributed by atoms with van der Waals surface area (Å²) < 4.78 is 1.96. The quantitative estimate of drug-likeness (QED) is 0.741. The fraction of sp³-hybridized carbons (Fsp3) is 0.190. The zero-order valence-corrected chi connectivity index (χ0v) is 13.7. The minimum Gasteiger partial charge on any atom is -0.355 e. The molecule has 0 spiro atoms. The maximum absolute atomic E-state index is 12.1. The van der Waals surface area contributed by atoms with Gasteiger partial charge in [-0.3, -0.25) is 4.79 Å². The van der Waals surface area contributed by atoms with E-state index in [0.717, 1.165) is 11.3 Å². The van der Waals surface area contributed by atoms with E-state index in [0.29, 0.717) is 18.9 Å². The van der Waals surface area contributed by atoms with Crippen molar-refractivity contribution in [1.82, 2.24) is 9.88 Å². The molecule has 1 heterocycles. The second-order valence-electron chi connectivity index (χ2n) is 5.88. The monoisotopic (exact) mass is 316 g/mol. The maximum atomic E-state index is 12.1. The van der Waals surface area contributed by atoms with Gasteiger partial charge in [0.05, 0.1) is 12.1 Å². The van der Waals surface area contributed by atoms with Gasteiger partial charge >= 0.3 is 0 Å². The molecule has 1 unspecified atom stereocenters. The van der Waals surface area contributed by atoms with E-state index in [1.54, 1.807) is 0 Å². The van der Waals surface area contributed by atoms with Crippen LogP contribution in [0, 0.1) is 12.1 Å². The molecule has 24 heavy (non-hydrogen) atoms. The molecule has 0 radical (unpaired) electrons. The Kier molecular flexibility index (Phi) is 4.98. The minimum atomic E-state index is 0.0103. The third kappa shape index (κ3) is 4.05. The average Bonchev–Trinajstić information content (AvgIpc) is 3.16. The Morgan fingerprint density at radius 2 is 1.79 bits per heavy atom. The number of hydrogen-bond acceptors (Lipinski definition) is 1. The third-order valence-corrected chi connectivity index (χ3v) is 4.00. The van der Waals surface area contributed by atoms with Crippen molar-refractivity contribution in [3.8, 4) is 5.69 Å². The van der Waals surface area contributed by atoms with Crippen LogP contribution in [0.1, 0.15) is 24.0 Å². The van der Waals surface area contributed by atoms with Gasteiger partial charge in [0.1, 0.15) is 0 Å². The van der Waals surface area contributed by atoms with Crippen molar-refractivity contribution in [2.24, 2.45) is 0 Å². The van der Waals surface area contributed by atoms with E-state index < -0.39 is 0 Å². The molecule has 0 fully saturated rings. The average molecular weight is 316 g/mol. The van der Waals surface area contributed by atoms with Gasteiger partial charge in [-0.2, -0.15) is 0 Å². The topological polar surface area (TPSA) is 34.0 Å². The summed E-state index contributed by atoms with van der Waals surface area (Å²) in [6.45, 7) is 2.75. The molecule has 0 aliphatic heterocycles. The highest BCUT2D eigenvalue weighted by molar-refractivity contribution is 5.78. The number of hydrogen-bond donors (Lipinski definition) is 1. The van der Waals surface area contributed by atoms with Crippen LogP contribution in [0.15, 0.2) is 67.0 Å². The Labute approximate surface area is 143 Å². The molecule has 0 bridgehead atoms. The number of rotatable bonds is 6. The summed E-state index contributed by atoms with van der Waals surface area (Å²) in [7, 11) is 0. The van der Waals surface area contributed by atoms with Gasteiger partial charge in [0.15, 0.2) is 0 Å². The molecule has 1 amide bonds. The number of amides is 1. The van der Waals surface area contributed by atoms with E-state index in [1.165, 1.54) is 5.56 Å². The fourth-order valence-electron chi connectivity index (χ4n) is 2.56. The Morgan fingerprint density at radius 1 is 1.04 bits per heavy atom. The Morgan fingerprint density at radius 3 is 2.46 bits per heavy atom. The maximum Gasteiger partial charge on any atom is 0.225 e. The summed E-state index contributed by atoms with van der Waals surface area (Å²) >= 11 is 0. The smallest absolute Gasteiger partial charge is 0.225 e. The fourth-order valence-corrected chi connectivity index (χ4v) is 2.56. The normalized spacial score (nSPS) is 11.5. The Bertz CT molecular complexity index is 761. The zero-order valence-electron chi connectivity index (χ0n) is 13.7. The summed E-state index contributed by atoms with van der Waals surface area (Å²) in [4.78, 5) is 12.1. The van der Waals surface area contributed by atoms with E-state index in [-0.39, 0.29) is 5.91 Å². The molecule has 1 aromatic heterocycles. The van der Waals surface area contributed by atoms with Gasteiger partial charge in [-0.25, -0.2) is 0 Å². The van der Waals surface area contributed by atoms with E-state index in [4.69, 9.17) is 0 Å². The predicted molar refractivity (Wildman–Crippen MR) is 95.0 cm³/mol. The van der Waals surface area contributed by atoms with Gasteiger partial charge in [-0.05, 0) is 41.8 Å². The lowest BCUT2D eigenvalue weighted by molar-refractivity contribution is -0.120. The lowest BCUT2D eigenvalue weighted by Gasteiger charge is -2.12. The molecule has 0 saturated carbocycles. The highest BCUT2D eigenvalue weighted by Crippen LogP contribution is 2.13. The van der Waals surface area contributed by atoms with Crippen molar-refractivity contribution in [2.75, 3.05) is 6.54 Å². The van der Waals surface area contributed by atoms with Gasteiger partial charge in [-0.15, -0.1) is 0 Å². The van der Waals surface area contributed by atoms with Crippen LogP contribution in [0.4, 0.5) is 0 Å². The number of benzene rings is 1. The first kappa shape index (κ1) is 15.9. The molecule has 3 heteroatoms. The number of nitrogens with zero attached hydrogens (tertiary/aromatic N) is 1. The first-order chi connectivity index (χ1) is 11.7. The van der Waals surface area contributed by atoms with Crippen LogP contribution in [0.5, 0.6) is 0 Å². The van der Waals surface area contributed by atoms with E-state index >= 15 is 0 Å². The van der Waals surface area contributed by atoms with Gasteiger partial charge in [0.25, 0.3) is 0 Å². The standard InChI is InChI=1S/C21H20N2O/c1-17(19-7-3-2-4-8-19)16-22-21(24)15-18-9-11-20(12-10-18)23-13-5-6-14-23/h2-9,11,13-14,17H,15-16H2,1H3,(H,22,24). The Balaban J connectivity index is 1.51. The van der Waals surface area contributed by atoms with Crippen molar-refractivity contribution >= 4 is 5.91 Å². The zero-order chi connectivity index (χ0) is 16.8. The molecule has 3 aromatic rings. The van der Waals surface area contributed by atoms with Gasteiger partial charge in [0, 0.05) is 24.5 Å². The third-order valence-electron chi connectivity index (χ3n) is 4.00. The van der Waals surface area contributed by atoms with Crippen molar-refractivity contribution in [3.05, 3.63) is 90.3 Å². The van der Waals surface area contributed by atoms with Crippen LogP contribution in [-0.2, 0) is 11.2 Å². The first-order valence-corrected chi connectivity index (χ1v) is 8.10. The van der Waals surface area contributed by atoms with Crippen LogP contribution in [0.25, 0.3) is 5.69 Å². The van der Waals surface area contributed by atoms with Crippen LogP contribution in [0.3, 0.4) is 0 Å². The number of nitrogens with one attached hydrogen (secondary N) is 1. The summed E-state index contributed by atoms with van der Waals surface area (Å²) in [6.07, 6.45) is 4.23. The SMILES string of the molecule is CC(CNC(=O)Cc1c#cc(-n2cccc2)cc1)c1ccccc1. The first-order valence-electron chi connectivity index (χ1n) is 8.10. The van der Waals surface area contributed by atoms with Crippen molar-refractivity contribution in [2.45, 2.75) is 19.3 Å². The van der Waals surface area contributed by atoms with Crippen molar-refractivity contribution < 1.29 is 4.79 Å². The second-order valence-corrected chi connectivity index (χ2v) is 5.88. The molecule has 1 atom stereocenters. The highest BCUT2D eigenvalue weighted by Gasteiger charge is 2.08. The molecule has 3 rings (SSSR count). The van der Waals surface area contributed by atoms with Gasteiger partial charge in [-0.1, -0.05) is 43.3 Å². The number of carbonyl (C=O) groups is 1. The van der Waals surface area contributed by atoms with E-state index in [2.05, 4.69) is 36.5 Å². The molecule has 1 N–H and O–H groups in total. The van der Waals surface area contributed by atoms with Gasteiger partial charge < -0.3 is 9.88 Å². The number of aromatic nitrogens is 1. The predicted octanol–water partition coefficient (Wildman–Crippen LogP) is 3.54.